The van der Waals surface area contributed by atoms with E-state index in [4.69, 9.17) is 0 Å². The molecule has 0 atom stereocenters. The topological polar surface area (TPSA) is 69.6 Å². The molecule has 0 aromatic heterocycles. The first-order chi connectivity index (χ1) is 13.5. The lowest BCUT2D eigenvalue weighted by atomic mass is 9.93. The third-order valence-corrected chi connectivity index (χ3v) is 6.47. The van der Waals surface area contributed by atoms with Crippen molar-refractivity contribution >= 4 is 49.4 Å². The highest BCUT2D eigenvalue weighted by Gasteiger charge is 2.38. The zero-order valence-corrected chi connectivity index (χ0v) is 18.3. The number of rotatable bonds is 4. The molecule has 28 heavy (non-hydrogen) atoms. The van der Waals surface area contributed by atoms with Crippen LogP contribution in [0.5, 0.6) is 0 Å². The summed E-state index contributed by atoms with van der Waals surface area (Å²) in [4.78, 5) is 27.2. The summed E-state index contributed by atoms with van der Waals surface area (Å²) in [5, 5.41) is 13.2. The molecule has 2 aliphatic rings. The number of hydrogen-bond donors (Lipinski definition) is 2. The van der Waals surface area contributed by atoms with Crippen molar-refractivity contribution in [3.63, 3.8) is 0 Å². The van der Waals surface area contributed by atoms with Crippen LogP contribution in [0.1, 0.15) is 52.0 Å². The van der Waals surface area contributed by atoms with E-state index in [1.54, 1.807) is 24.3 Å². The van der Waals surface area contributed by atoms with Crippen molar-refractivity contribution in [3.8, 4) is 0 Å². The molecular formula is C21H20Br2N2O3. The second kappa shape index (κ2) is 8.06. The molecule has 0 saturated heterocycles. The molecule has 1 heterocycles. The molecule has 1 saturated carbocycles. The van der Waals surface area contributed by atoms with Crippen molar-refractivity contribution in [2.24, 2.45) is 0 Å². The Hall–Kier alpha value is -1.54. The van der Waals surface area contributed by atoms with Crippen molar-refractivity contribution in [2.45, 2.75) is 44.4 Å². The number of benzene rings is 2. The van der Waals surface area contributed by atoms with Gasteiger partial charge in [0.05, 0.1) is 22.9 Å². The minimum atomic E-state index is -0.300. The predicted octanol–water partition coefficient (Wildman–Crippen LogP) is 4.41. The van der Waals surface area contributed by atoms with Crippen molar-refractivity contribution in [1.82, 2.24) is 5.32 Å². The molecule has 5 nitrogen and oxygen atoms in total. The molecule has 0 unspecified atom stereocenters. The summed E-state index contributed by atoms with van der Waals surface area (Å²) in [5.41, 5.74) is 2.31. The molecule has 0 spiro atoms. The van der Waals surface area contributed by atoms with Crippen LogP contribution >= 0.6 is 31.9 Å². The van der Waals surface area contributed by atoms with Crippen LogP contribution in [0.2, 0.25) is 0 Å². The van der Waals surface area contributed by atoms with Crippen LogP contribution in [0, 0.1) is 0 Å². The molecule has 2 amide bonds. The van der Waals surface area contributed by atoms with Gasteiger partial charge < -0.3 is 10.4 Å². The van der Waals surface area contributed by atoms with Gasteiger partial charge in [-0.1, -0.05) is 28.1 Å². The second-order valence-corrected chi connectivity index (χ2v) is 9.04. The number of imide groups is 1. The Morgan fingerprint density at radius 3 is 2.21 bits per heavy atom. The summed E-state index contributed by atoms with van der Waals surface area (Å²) in [6, 6.07) is 11.0. The van der Waals surface area contributed by atoms with E-state index in [0.29, 0.717) is 33.9 Å². The third-order valence-electron chi connectivity index (χ3n) is 5.40. The molecular weight excluding hydrogens is 488 g/mol. The smallest absolute Gasteiger partial charge is 0.266 e. The lowest BCUT2D eigenvalue weighted by Crippen LogP contribution is -2.35. The van der Waals surface area contributed by atoms with E-state index >= 15 is 0 Å². The summed E-state index contributed by atoms with van der Waals surface area (Å²) in [6.07, 6.45) is 3.22. The molecule has 2 aromatic carbocycles. The van der Waals surface area contributed by atoms with Crippen LogP contribution in [0.4, 0.5) is 5.69 Å². The van der Waals surface area contributed by atoms with Crippen LogP contribution in [0.15, 0.2) is 45.3 Å². The zero-order valence-electron chi connectivity index (χ0n) is 15.1. The SMILES string of the molecule is O=C1c2ccccc2C(=O)N1c1c(Br)cc(Br)cc1CNC1CCC(O)CC1. The Bertz CT molecular complexity index is 904. The van der Waals surface area contributed by atoms with Gasteiger partial charge in [0, 0.05) is 21.5 Å². The van der Waals surface area contributed by atoms with E-state index in [1.807, 2.05) is 12.1 Å². The highest BCUT2D eigenvalue weighted by Crippen LogP contribution is 2.38. The number of aliphatic hydroxyl groups excluding tert-OH is 1. The minimum Gasteiger partial charge on any atom is -0.393 e. The summed E-state index contributed by atoms with van der Waals surface area (Å²) >= 11 is 7.05. The largest absolute Gasteiger partial charge is 0.393 e. The van der Waals surface area contributed by atoms with Gasteiger partial charge in [-0.15, -0.1) is 0 Å². The maximum absolute atomic E-state index is 13.0. The number of carbonyl (C=O) groups excluding carboxylic acids is 2. The molecule has 0 bridgehead atoms. The fourth-order valence-corrected chi connectivity index (χ4v) is 5.42. The van der Waals surface area contributed by atoms with E-state index in [-0.39, 0.29) is 17.9 Å². The fraction of sp³-hybridized carbons (Fsp3) is 0.333. The van der Waals surface area contributed by atoms with Crippen molar-refractivity contribution < 1.29 is 14.7 Å². The van der Waals surface area contributed by atoms with Gasteiger partial charge in [-0.3, -0.25) is 9.59 Å². The van der Waals surface area contributed by atoms with Crippen LogP contribution in [-0.2, 0) is 6.54 Å². The van der Waals surface area contributed by atoms with Crippen molar-refractivity contribution in [3.05, 3.63) is 62.0 Å². The highest BCUT2D eigenvalue weighted by molar-refractivity contribution is 9.11. The van der Waals surface area contributed by atoms with Crippen molar-refractivity contribution in [1.29, 1.82) is 0 Å². The maximum Gasteiger partial charge on any atom is 0.266 e. The van der Waals surface area contributed by atoms with E-state index in [1.165, 1.54) is 4.90 Å². The Morgan fingerprint density at radius 2 is 1.61 bits per heavy atom. The van der Waals surface area contributed by atoms with Gasteiger partial charge >= 0.3 is 0 Å². The number of nitrogens with one attached hydrogen (secondary N) is 1. The second-order valence-electron chi connectivity index (χ2n) is 7.27. The van der Waals surface area contributed by atoms with E-state index in [0.717, 1.165) is 35.7 Å². The number of halogens is 2. The Kier molecular flexibility index (Phi) is 5.69. The van der Waals surface area contributed by atoms with E-state index in [9.17, 15) is 14.7 Å². The number of amides is 2. The van der Waals surface area contributed by atoms with Crippen LogP contribution in [0.25, 0.3) is 0 Å². The van der Waals surface area contributed by atoms with E-state index in [2.05, 4.69) is 37.2 Å². The van der Waals surface area contributed by atoms with Gasteiger partial charge in [-0.05, 0) is 71.4 Å². The Morgan fingerprint density at radius 1 is 1.00 bits per heavy atom. The molecule has 2 aromatic rings. The fourth-order valence-electron chi connectivity index (χ4n) is 3.93. The molecule has 2 N–H and O–H groups in total. The predicted molar refractivity (Wildman–Crippen MR) is 115 cm³/mol. The lowest BCUT2D eigenvalue weighted by molar-refractivity contribution is 0.0925. The number of anilines is 1. The quantitative estimate of drug-likeness (QED) is 0.601. The zero-order chi connectivity index (χ0) is 19.8. The first-order valence-corrected chi connectivity index (χ1v) is 10.9. The Balaban J connectivity index is 1.64. The molecule has 0 radical (unpaired) electrons. The summed E-state index contributed by atoms with van der Waals surface area (Å²) in [7, 11) is 0. The minimum absolute atomic E-state index is 0.202. The number of hydrogen-bond acceptors (Lipinski definition) is 4. The average Bonchev–Trinajstić information content (AvgIpc) is 2.92. The number of aliphatic hydroxyl groups is 1. The Labute approximate surface area is 180 Å². The van der Waals surface area contributed by atoms with Gasteiger partial charge in [-0.2, -0.15) is 0 Å². The first-order valence-electron chi connectivity index (χ1n) is 9.33. The number of carbonyl (C=O) groups is 2. The molecule has 1 aliphatic carbocycles. The number of fused-ring (bicyclic) bond motifs is 1. The normalized spacial score (nSPS) is 21.9. The van der Waals surface area contributed by atoms with E-state index < -0.39 is 0 Å². The number of nitrogens with zero attached hydrogens (tertiary/aromatic N) is 1. The van der Waals surface area contributed by atoms with Gasteiger partial charge in [0.25, 0.3) is 11.8 Å². The maximum atomic E-state index is 13.0. The molecule has 4 rings (SSSR count). The van der Waals surface area contributed by atoms with Crippen molar-refractivity contribution in [2.75, 3.05) is 4.90 Å². The van der Waals surface area contributed by atoms with Crippen LogP contribution < -0.4 is 10.2 Å². The summed E-state index contributed by atoms with van der Waals surface area (Å²) in [5.74, 6) is -0.601. The summed E-state index contributed by atoms with van der Waals surface area (Å²) < 4.78 is 1.56. The van der Waals surface area contributed by atoms with Crippen LogP contribution in [-0.4, -0.2) is 29.1 Å². The average molecular weight is 508 g/mol. The van der Waals surface area contributed by atoms with Crippen LogP contribution in [0.3, 0.4) is 0 Å². The molecule has 1 aliphatic heterocycles. The molecule has 146 valence electrons. The summed E-state index contributed by atoms with van der Waals surface area (Å²) in [6.45, 7) is 0.529. The first kappa shape index (κ1) is 19.8. The monoisotopic (exact) mass is 506 g/mol. The van der Waals surface area contributed by atoms with Gasteiger partial charge in [0.2, 0.25) is 0 Å². The molecule has 1 fully saturated rings. The van der Waals surface area contributed by atoms with Gasteiger partial charge in [0.1, 0.15) is 0 Å². The van der Waals surface area contributed by atoms with Gasteiger partial charge in [-0.25, -0.2) is 4.90 Å². The van der Waals surface area contributed by atoms with Gasteiger partial charge in [0.15, 0.2) is 0 Å². The molecule has 7 heteroatoms. The standard InChI is InChI=1S/C21H20Br2N2O3/c22-13-9-12(11-24-14-5-7-15(26)8-6-14)19(18(23)10-13)25-20(27)16-3-1-2-4-17(16)21(25)28/h1-4,9-10,14-15,24,26H,5-8,11H2. The highest BCUT2D eigenvalue weighted by atomic mass is 79.9. The lowest BCUT2D eigenvalue weighted by Gasteiger charge is -2.27. The third kappa shape index (κ3) is 3.68.